The Labute approximate surface area is 239 Å². The van der Waals surface area contributed by atoms with Crippen molar-refractivity contribution in [1.29, 1.82) is 0 Å². The largest absolute Gasteiger partial charge is 0.546 e. The molecule has 1 N–H and O–H groups in total. The van der Waals surface area contributed by atoms with Crippen LogP contribution in [0.3, 0.4) is 0 Å². The van der Waals surface area contributed by atoms with E-state index < -0.39 is 8.03 Å². The van der Waals surface area contributed by atoms with Crippen LogP contribution >= 0.6 is 8.03 Å². The van der Waals surface area contributed by atoms with Crippen molar-refractivity contribution in [3.63, 3.8) is 0 Å². The van der Waals surface area contributed by atoms with Crippen LogP contribution in [0.2, 0.25) is 0 Å². The Kier molecular flexibility index (Phi) is 13.4. The van der Waals surface area contributed by atoms with Gasteiger partial charge in [0.25, 0.3) is 0 Å². The highest BCUT2D eigenvalue weighted by Gasteiger charge is 2.27. The van der Waals surface area contributed by atoms with Gasteiger partial charge in [-0.05, 0) is 89.1 Å². The fourth-order valence-corrected chi connectivity index (χ4v) is 6.42. The summed E-state index contributed by atoms with van der Waals surface area (Å²) in [5.41, 5.74) is 9.27. The predicted molar refractivity (Wildman–Crippen MR) is 170 cm³/mol. The van der Waals surface area contributed by atoms with E-state index in [0.717, 1.165) is 35.1 Å². The first kappa shape index (κ1) is 31.3. The maximum atomic E-state index is 12.5. The lowest BCUT2D eigenvalue weighted by Crippen LogP contribution is -2.06. The van der Waals surface area contributed by atoms with E-state index in [1.54, 1.807) is 0 Å². The summed E-state index contributed by atoms with van der Waals surface area (Å²) in [7, 11) is -2.46. The summed E-state index contributed by atoms with van der Waals surface area (Å²) in [4.78, 5) is 10.3. The van der Waals surface area contributed by atoms with Crippen LogP contribution in [0.15, 0.2) is 54.6 Å². The first-order chi connectivity index (χ1) is 19.0. The van der Waals surface area contributed by atoms with Crippen LogP contribution in [0.25, 0.3) is 22.3 Å². The maximum Gasteiger partial charge on any atom is 0.546 e. The lowest BCUT2D eigenvalue weighted by Gasteiger charge is -2.16. The molecule has 3 aromatic carbocycles. The minimum absolute atomic E-state index is 0.518. The molecule has 0 saturated heterocycles. The summed E-state index contributed by atoms with van der Waals surface area (Å²) in [6.07, 6.45) is 17.8. The molecule has 2 nitrogen and oxygen atoms in total. The SMILES string of the molecule is CCCCCCCCc1ccc(-c2cccc([P+](=O)O)c2-c2ccc(CCCCCCCC)cc2C)c(C)c1. The highest BCUT2D eigenvalue weighted by atomic mass is 31.1. The molecule has 0 aliphatic rings. The first-order valence-corrected chi connectivity index (χ1v) is 16.7. The molecule has 0 aliphatic carbocycles. The number of hydrogen-bond donors (Lipinski definition) is 1. The van der Waals surface area contributed by atoms with Crippen LogP contribution in [0, 0.1) is 13.8 Å². The molecule has 0 fully saturated rings. The molecule has 3 aromatic rings. The molecule has 0 aliphatic heterocycles. The highest BCUT2D eigenvalue weighted by molar-refractivity contribution is 7.47. The zero-order valence-electron chi connectivity index (χ0n) is 24.9. The van der Waals surface area contributed by atoms with Gasteiger partial charge in [0.15, 0.2) is 0 Å². The summed E-state index contributed by atoms with van der Waals surface area (Å²) in [5.74, 6) is 0. The van der Waals surface area contributed by atoms with Crippen molar-refractivity contribution in [1.82, 2.24) is 0 Å². The quantitative estimate of drug-likeness (QED) is 0.135. The lowest BCUT2D eigenvalue weighted by molar-refractivity contribution is 0.513. The second kappa shape index (κ2) is 16.7. The van der Waals surface area contributed by atoms with Crippen molar-refractivity contribution < 1.29 is 9.46 Å². The summed E-state index contributed by atoms with van der Waals surface area (Å²) in [5, 5.41) is 0.518. The van der Waals surface area contributed by atoms with E-state index in [1.165, 1.54) is 99.3 Å². The average molecular weight is 546 g/mol. The van der Waals surface area contributed by atoms with Gasteiger partial charge in [-0.3, -0.25) is 0 Å². The van der Waals surface area contributed by atoms with Crippen molar-refractivity contribution in [2.24, 2.45) is 0 Å². The van der Waals surface area contributed by atoms with Crippen LogP contribution in [0.5, 0.6) is 0 Å². The molecule has 1 atom stereocenters. The molecule has 3 heteroatoms. The maximum absolute atomic E-state index is 12.5. The summed E-state index contributed by atoms with van der Waals surface area (Å²) >= 11 is 0. The molecule has 0 heterocycles. The van der Waals surface area contributed by atoms with Gasteiger partial charge in [-0.2, -0.15) is 4.89 Å². The van der Waals surface area contributed by atoms with Crippen molar-refractivity contribution in [3.8, 4) is 22.3 Å². The highest BCUT2D eigenvalue weighted by Crippen LogP contribution is 2.38. The van der Waals surface area contributed by atoms with Crippen molar-refractivity contribution in [2.75, 3.05) is 0 Å². The van der Waals surface area contributed by atoms with Gasteiger partial charge < -0.3 is 0 Å². The molecule has 0 bridgehead atoms. The molecular weight excluding hydrogens is 495 g/mol. The third kappa shape index (κ3) is 9.40. The standard InChI is InChI=1S/C36H49O2P/c1-5-7-9-11-13-15-18-30-22-24-32(28(3)26-30)34-20-17-21-35(39(37)38)36(34)33-25-23-31(27-29(33)4)19-16-14-12-10-8-6-2/h17,20-27H,5-16,18-19H2,1-4H3/p+1. The van der Waals surface area contributed by atoms with Crippen molar-refractivity contribution in [3.05, 3.63) is 76.9 Å². The third-order valence-corrected chi connectivity index (χ3v) is 8.81. The molecule has 0 saturated carbocycles. The van der Waals surface area contributed by atoms with E-state index in [1.807, 2.05) is 12.1 Å². The molecule has 210 valence electrons. The van der Waals surface area contributed by atoms with E-state index in [-0.39, 0.29) is 0 Å². The van der Waals surface area contributed by atoms with E-state index >= 15 is 0 Å². The second-order valence-corrected chi connectivity index (χ2v) is 12.3. The van der Waals surface area contributed by atoms with Gasteiger partial charge >= 0.3 is 8.03 Å². The third-order valence-electron chi connectivity index (χ3n) is 8.03. The van der Waals surface area contributed by atoms with E-state index in [9.17, 15) is 9.46 Å². The normalized spacial score (nSPS) is 11.7. The van der Waals surface area contributed by atoms with Crippen LogP contribution in [0.4, 0.5) is 0 Å². The summed E-state index contributed by atoms with van der Waals surface area (Å²) in [6, 6.07) is 19.3. The van der Waals surface area contributed by atoms with Crippen molar-refractivity contribution in [2.45, 2.75) is 118 Å². The molecule has 3 rings (SSSR count). The Morgan fingerprint density at radius 2 is 1.08 bits per heavy atom. The van der Waals surface area contributed by atoms with E-state index in [4.69, 9.17) is 0 Å². The Hall–Kier alpha value is -2.28. The Morgan fingerprint density at radius 3 is 1.56 bits per heavy atom. The minimum atomic E-state index is -2.46. The monoisotopic (exact) mass is 545 g/mol. The van der Waals surface area contributed by atoms with Gasteiger partial charge in [-0.1, -0.05) is 127 Å². The fourth-order valence-electron chi connectivity index (χ4n) is 5.77. The molecule has 0 aromatic heterocycles. The lowest BCUT2D eigenvalue weighted by atomic mass is 9.88. The Bertz CT molecular complexity index is 1200. The van der Waals surface area contributed by atoms with Gasteiger partial charge in [0.05, 0.1) is 0 Å². The Morgan fingerprint density at radius 1 is 0.590 bits per heavy atom. The molecule has 0 radical (unpaired) electrons. The minimum Gasteiger partial charge on any atom is -0.156 e. The van der Waals surface area contributed by atoms with Gasteiger partial charge in [0, 0.05) is 5.56 Å². The van der Waals surface area contributed by atoms with Crippen LogP contribution < -0.4 is 5.30 Å². The molecule has 0 amide bonds. The zero-order chi connectivity index (χ0) is 28.0. The van der Waals surface area contributed by atoms with Crippen molar-refractivity contribution >= 4 is 13.3 Å². The average Bonchev–Trinajstić information content (AvgIpc) is 2.92. The number of rotatable bonds is 17. The van der Waals surface area contributed by atoms with Gasteiger partial charge in [0.2, 0.25) is 5.30 Å². The number of aryl methyl sites for hydroxylation is 4. The molecule has 0 spiro atoms. The van der Waals surface area contributed by atoms with Gasteiger partial charge in [-0.25, -0.2) is 0 Å². The number of unbranched alkanes of at least 4 members (excludes halogenated alkanes) is 10. The number of benzene rings is 3. The second-order valence-electron chi connectivity index (χ2n) is 11.3. The van der Waals surface area contributed by atoms with E-state index in [2.05, 4.69) is 70.2 Å². The van der Waals surface area contributed by atoms with E-state index in [0.29, 0.717) is 5.30 Å². The smallest absolute Gasteiger partial charge is 0.156 e. The topological polar surface area (TPSA) is 37.3 Å². The summed E-state index contributed by atoms with van der Waals surface area (Å²) < 4.78 is 12.5. The molecule has 1 unspecified atom stereocenters. The Balaban J connectivity index is 1.82. The van der Waals surface area contributed by atoms with Gasteiger partial charge in [-0.15, -0.1) is 0 Å². The number of hydrogen-bond acceptors (Lipinski definition) is 1. The first-order valence-electron chi connectivity index (χ1n) is 15.4. The van der Waals surface area contributed by atoms with Crippen LogP contribution in [0.1, 0.15) is 113 Å². The predicted octanol–water partition coefficient (Wildman–Crippen LogP) is 10.8. The van der Waals surface area contributed by atoms with Crippen LogP contribution in [-0.4, -0.2) is 4.89 Å². The van der Waals surface area contributed by atoms with Crippen LogP contribution in [-0.2, 0) is 17.4 Å². The van der Waals surface area contributed by atoms with Gasteiger partial charge in [0.1, 0.15) is 0 Å². The molecule has 39 heavy (non-hydrogen) atoms. The molecular formula is C36H50O2P+. The fraction of sp³-hybridized carbons (Fsp3) is 0.500. The zero-order valence-corrected chi connectivity index (χ0v) is 25.8. The summed E-state index contributed by atoms with van der Waals surface area (Å²) in [6.45, 7) is 8.83.